The van der Waals surface area contributed by atoms with E-state index in [2.05, 4.69) is 34.3 Å². The van der Waals surface area contributed by atoms with Crippen molar-refractivity contribution in [3.63, 3.8) is 0 Å². The van der Waals surface area contributed by atoms with Gasteiger partial charge in [0.15, 0.2) is 0 Å². The molecule has 23 heavy (non-hydrogen) atoms. The number of carbonyl (C=O) groups excluding carboxylic acids is 1. The molecule has 2 nitrogen and oxygen atoms in total. The van der Waals surface area contributed by atoms with Gasteiger partial charge in [0.1, 0.15) is 0 Å². The van der Waals surface area contributed by atoms with Crippen LogP contribution in [0, 0.1) is 28.6 Å². The van der Waals surface area contributed by atoms with Gasteiger partial charge in [-0.1, -0.05) is 52.7 Å². The van der Waals surface area contributed by atoms with Crippen molar-refractivity contribution in [3.05, 3.63) is 12.2 Å². The molecular weight excluding hydrogens is 284 g/mol. The molecule has 132 valence electrons. The Balaban J connectivity index is 2.09. The lowest BCUT2D eigenvalue weighted by Crippen LogP contribution is -2.49. The number of hydrogen-bond acceptors (Lipinski definition) is 2. The van der Waals surface area contributed by atoms with Crippen LogP contribution >= 0.6 is 0 Å². The molecule has 0 radical (unpaired) electrons. The molecule has 0 amide bonds. The Bertz CT molecular complexity index is 426. The molecule has 0 N–H and O–H groups in total. The highest BCUT2D eigenvalue weighted by Gasteiger charge is 2.52. The summed E-state index contributed by atoms with van der Waals surface area (Å²) in [7, 11) is 0. The first-order valence-corrected chi connectivity index (χ1v) is 9.58. The fourth-order valence-corrected chi connectivity index (χ4v) is 5.79. The summed E-state index contributed by atoms with van der Waals surface area (Å²) in [4.78, 5) is 10.5. The van der Waals surface area contributed by atoms with E-state index in [0.717, 1.165) is 18.8 Å². The zero-order chi connectivity index (χ0) is 17.1. The molecule has 0 bridgehead atoms. The number of ether oxygens (including phenoxy) is 1. The minimum absolute atomic E-state index is 0.418. The monoisotopic (exact) mass is 320 g/mol. The quantitative estimate of drug-likeness (QED) is 0.440. The highest BCUT2D eigenvalue weighted by Crippen LogP contribution is 2.61. The molecule has 4 unspecified atom stereocenters. The second-order valence-electron chi connectivity index (χ2n) is 8.93. The Kier molecular flexibility index (Phi) is 5.97. The van der Waals surface area contributed by atoms with Gasteiger partial charge in [0.05, 0.1) is 6.61 Å². The maximum Gasteiger partial charge on any atom is 0.293 e. The van der Waals surface area contributed by atoms with Gasteiger partial charge >= 0.3 is 0 Å². The Morgan fingerprint density at radius 3 is 2.74 bits per heavy atom. The molecule has 0 aromatic carbocycles. The van der Waals surface area contributed by atoms with Crippen LogP contribution in [-0.4, -0.2) is 13.1 Å². The zero-order valence-corrected chi connectivity index (χ0v) is 15.7. The third-order valence-electron chi connectivity index (χ3n) is 7.16. The molecule has 2 aliphatic rings. The summed E-state index contributed by atoms with van der Waals surface area (Å²) in [6, 6.07) is 0. The molecule has 2 aliphatic carbocycles. The molecule has 2 saturated carbocycles. The first kappa shape index (κ1) is 18.5. The van der Waals surface area contributed by atoms with E-state index in [4.69, 9.17) is 4.74 Å². The lowest BCUT2D eigenvalue weighted by molar-refractivity contribution is -0.130. The largest absolute Gasteiger partial charge is 0.468 e. The summed E-state index contributed by atoms with van der Waals surface area (Å²) >= 11 is 0. The van der Waals surface area contributed by atoms with Crippen molar-refractivity contribution in [1.82, 2.24) is 0 Å². The van der Waals surface area contributed by atoms with Crippen molar-refractivity contribution in [1.29, 1.82) is 0 Å². The smallest absolute Gasteiger partial charge is 0.293 e. The summed E-state index contributed by atoms with van der Waals surface area (Å²) in [6.45, 7) is 15.3. The van der Waals surface area contributed by atoms with Crippen LogP contribution in [0.25, 0.3) is 0 Å². The minimum atomic E-state index is 0.418. The number of hydrogen-bond donors (Lipinski definition) is 0. The second-order valence-corrected chi connectivity index (χ2v) is 8.93. The van der Waals surface area contributed by atoms with E-state index in [1.165, 1.54) is 44.1 Å². The summed E-state index contributed by atoms with van der Waals surface area (Å²) in [5.74, 6) is 1.96. The molecule has 0 aliphatic heterocycles. The van der Waals surface area contributed by atoms with Gasteiger partial charge < -0.3 is 4.74 Å². The van der Waals surface area contributed by atoms with Crippen LogP contribution in [0.15, 0.2) is 12.2 Å². The normalized spacial score (nSPS) is 34.5. The fourth-order valence-electron chi connectivity index (χ4n) is 5.79. The highest BCUT2D eigenvalue weighted by atomic mass is 16.5. The Hall–Kier alpha value is -0.790. The van der Waals surface area contributed by atoms with Crippen molar-refractivity contribution >= 4 is 6.47 Å². The van der Waals surface area contributed by atoms with Crippen molar-refractivity contribution in [2.75, 3.05) is 6.61 Å². The van der Waals surface area contributed by atoms with Gasteiger partial charge in [0, 0.05) is 0 Å². The summed E-state index contributed by atoms with van der Waals surface area (Å²) in [6.07, 6.45) is 10.1. The van der Waals surface area contributed by atoms with Crippen LogP contribution < -0.4 is 0 Å². The van der Waals surface area contributed by atoms with Crippen LogP contribution in [0.2, 0.25) is 0 Å². The Morgan fingerprint density at radius 2 is 2.09 bits per heavy atom. The third kappa shape index (κ3) is 3.83. The molecule has 0 aromatic heterocycles. The van der Waals surface area contributed by atoms with Crippen LogP contribution in [0.5, 0.6) is 0 Å². The Morgan fingerprint density at radius 1 is 1.35 bits per heavy atom. The SMILES string of the molecule is C=C1CCC2C(C)(C)CCCC2(C)C1CCC(CC)COC=O. The topological polar surface area (TPSA) is 26.3 Å². The molecule has 0 heterocycles. The van der Waals surface area contributed by atoms with Crippen LogP contribution in [0.3, 0.4) is 0 Å². The predicted octanol–water partition coefficient (Wildman–Crippen LogP) is 5.76. The average molecular weight is 321 g/mol. The van der Waals surface area contributed by atoms with E-state index in [1.54, 1.807) is 0 Å². The first-order chi connectivity index (χ1) is 10.8. The van der Waals surface area contributed by atoms with E-state index in [0.29, 0.717) is 35.7 Å². The molecule has 0 saturated heterocycles. The predicted molar refractivity (Wildman–Crippen MR) is 96.1 cm³/mol. The number of allylic oxidation sites excluding steroid dienone is 1. The maximum atomic E-state index is 10.5. The van der Waals surface area contributed by atoms with Gasteiger partial charge in [-0.2, -0.15) is 0 Å². The van der Waals surface area contributed by atoms with E-state index in [1.807, 2.05) is 0 Å². The first-order valence-electron chi connectivity index (χ1n) is 9.58. The summed E-state index contributed by atoms with van der Waals surface area (Å²) in [5, 5.41) is 0. The number of rotatable bonds is 7. The zero-order valence-electron chi connectivity index (χ0n) is 15.7. The maximum absolute atomic E-state index is 10.5. The molecule has 0 aromatic rings. The Labute approximate surface area is 143 Å². The minimum Gasteiger partial charge on any atom is -0.468 e. The van der Waals surface area contributed by atoms with Gasteiger partial charge in [-0.25, -0.2) is 0 Å². The lowest BCUT2D eigenvalue weighted by atomic mass is 9.47. The van der Waals surface area contributed by atoms with E-state index < -0.39 is 0 Å². The van der Waals surface area contributed by atoms with Crippen LogP contribution in [0.4, 0.5) is 0 Å². The fraction of sp³-hybridized carbons (Fsp3) is 0.857. The van der Waals surface area contributed by atoms with E-state index >= 15 is 0 Å². The van der Waals surface area contributed by atoms with E-state index in [9.17, 15) is 4.79 Å². The van der Waals surface area contributed by atoms with Crippen molar-refractivity contribution in [2.24, 2.45) is 28.6 Å². The lowest BCUT2D eigenvalue weighted by Gasteiger charge is -2.58. The molecule has 4 atom stereocenters. The van der Waals surface area contributed by atoms with Crippen LogP contribution in [0.1, 0.15) is 79.1 Å². The van der Waals surface area contributed by atoms with Gasteiger partial charge in [-0.3, -0.25) is 4.79 Å². The molecule has 2 heteroatoms. The number of carbonyl (C=O) groups is 1. The molecule has 2 rings (SSSR count). The van der Waals surface area contributed by atoms with Gasteiger partial charge in [0.2, 0.25) is 0 Å². The van der Waals surface area contributed by atoms with Crippen molar-refractivity contribution < 1.29 is 9.53 Å². The van der Waals surface area contributed by atoms with Gasteiger partial charge in [0.25, 0.3) is 6.47 Å². The highest BCUT2D eigenvalue weighted by molar-refractivity contribution is 5.36. The van der Waals surface area contributed by atoms with Gasteiger partial charge in [-0.15, -0.1) is 0 Å². The van der Waals surface area contributed by atoms with Gasteiger partial charge in [-0.05, 0) is 67.1 Å². The molecular formula is C21H36O2. The standard InChI is InChI=1S/C21H36O2/c1-6-17(14-23-15-22)9-10-18-16(2)8-11-19-20(3,4)12-7-13-21(18,19)5/h15,17-19H,2,6-14H2,1,3-5H3. The van der Waals surface area contributed by atoms with E-state index in [-0.39, 0.29) is 0 Å². The summed E-state index contributed by atoms with van der Waals surface area (Å²) in [5.41, 5.74) is 2.37. The summed E-state index contributed by atoms with van der Waals surface area (Å²) < 4.78 is 5.02. The third-order valence-corrected chi connectivity index (χ3v) is 7.16. The average Bonchev–Trinajstić information content (AvgIpc) is 2.48. The molecule has 0 spiro atoms. The van der Waals surface area contributed by atoms with Crippen molar-refractivity contribution in [2.45, 2.75) is 79.1 Å². The number of fused-ring (bicyclic) bond motifs is 1. The molecule has 2 fully saturated rings. The van der Waals surface area contributed by atoms with Crippen molar-refractivity contribution in [3.8, 4) is 0 Å². The second kappa shape index (κ2) is 7.40. The van der Waals surface area contributed by atoms with Crippen LogP contribution in [-0.2, 0) is 9.53 Å².